The number of benzene rings is 2. The molecule has 0 radical (unpaired) electrons. The van der Waals surface area contributed by atoms with Gasteiger partial charge in [0.2, 0.25) is 10.0 Å². The first-order valence-electron chi connectivity index (χ1n) is 8.07. The van der Waals surface area contributed by atoms with Crippen molar-refractivity contribution < 1.29 is 22.0 Å². The van der Waals surface area contributed by atoms with Gasteiger partial charge in [-0.3, -0.25) is 4.79 Å². The highest BCUT2D eigenvalue weighted by Gasteiger charge is 2.32. The van der Waals surface area contributed by atoms with Crippen LogP contribution >= 0.6 is 0 Å². The van der Waals surface area contributed by atoms with Gasteiger partial charge in [0.25, 0.3) is 5.91 Å². The van der Waals surface area contributed by atoms with Crippen LogP contribution in [0, 0.1) is 23.0 Å². The molecule has 1 fully saturated rings. The van der Waals surface area contributed by atoms with Crippen molar-refractivity contribution in [3.63, 3.8) is 0 Å². The van der Waals surface area contributed by atoms with E-state index in [1.54, 1.807) is 18.2 Å². The summed E-state index contributed by atoms with van der Waals surface area (Å²) >= 11 is 0. The second kappa shape index (κ2) is 7.42. The number of nitriles is 1. The smallest absolute Gasteiger partial charge is 0.253 e. The average Bonchev–Trinajstić information content (AvgIpc) is 2.67. The summed E-state index contributed by atoms with van der Waals surface area (Å²) in [6, 6.07) is 10.5. The van der Waals surface area contributed by atoms with E-state index in [0.29, 0.717) is 17.2 Å². The maximum absolute atomic E-state index is 13.9. The Morgan fingerprint density at radius 2 is 1.74 bits per heavy atom. The van der Waals surface area contributed by atoms with Crippen LogP contribution in [0.5, 0.6) is 0 Å². The van der Waals surface area contributed by atoms with Crippen LogP contribution in [0.3, 0.4) is 0 Å². The number of halogens is 2. The lowest BCUT2D eigenvalue weighted by atomic mass is 10.1. The average molecular weight is 391 g/mol. The van der Waals surface area contributed by atoms with Crippen LogP contribution in [0.15, 0.2) is 47.4 Å². The van der Waals surface area contributed by atoms with E-state index in [0.717, 1.165) is 16.4 Å². The van der Waals surface area contributed by atoms with E-state index in [4.69, 9.17) is 5.26 Å². The van der Waals surface area contributed by atoms with Gasteiger partial charge in [0, 0.05) is 37.8 Å². The van der Waals surface area contributed by atoms with Gasteiger partial charge in [0.05, 0.1) is 11.6 Å². The molecule has 1 amide bonds. The second-order valence-electron chi connectivity index (χ2n) is 5.96. The maximum Gasteiger partial charge on any atom is 0.253 e. The van der Waals surface area contributed by atoms with Crippen molar-refractivity contribution in [2.75, 3.05) is 26.2 Å². The SMILES string of the molecule is N#Cc1cccc(C(=O)N2CCN(S(=O)(=O)c3ccc(F)cc3F)CC2)c1. The third kappa shape index (κ3) is 3.82. The summed E-state index contributed by atoms with van der Waals surface area (Å²) in [6.45, 7) is 0.223. The molecule has 0 aliphatic carbocycles. The molecule has 0 N–H and O–H groups in total. The van der Waals surface area contributed by atoms with Crippen LogP contribution in [-0.2, 0) is 10.0 Å². The lowest BCUT2D eigenvalue weighted by Crippen LogP contribution is -2.50. The number of carbonyl (C=O) groups is 1. The minimum Gasteiger partial charge on any atom is -0.336 e. The van der Waals surface area contributed by atoms with E-state index in [2.05, 4.69) is 0 Å². The Morgan fingerprint density at radius 1 is 1.04 bits per heavy atom. The monoisotopic (exact) mass is 391 g/mol. The molecule has 0 bridgehead atoms. The Kier molecular flexibility index (Phi) is 5.21. The van der Waals surface area contributed by atoms with E-state index in [1.807, 2.05) is 6.07 Å². The predicted molar refractivity (Wildman–Crippen MR) is 92.2 cm³/mol. The molecular formula is C18H15F2N3O3S. The lowest BCUT2D eigenvalue weighted by Gasteiger charge is -2.34. The molecule has 0 unspecified atom stereocenters. The Hall–Kier alpha value is -2.83. The van der Waals surface area contributed by atoms with Gasteiger partial charge < -0.3 is 4.90 Å². The number of carbonyl (C=O) groups excluding carboxylic acids is 1. The molecule has 2 aromatic carbocycles. The van der Waals surface area contributed by atoms with Crippen molar-refractivity contribution in [3.8, 4) is 6.07 Å². The van der Waals surface area contributed by atoms with Crippen LogP contribution in [-0.4, -0.2) is 49.7 Å². The topological polar surface area (TPSA) is 81.5 Å². The van der Waals surface area contributed by atoms with E-state index in [9.17, 15) is 22.0 Å². The van der Waals surface area contributed by atoms with Crippen LogP contribution in [0.1, 0.15) is 15.9 Å². The fourth-order valence-electron chi connectivity index (χ4n) is 2.86. The predicted octanol–water partition coefficient (Wildman–Crippen LogP) is 1.98. The molecular weight excluding hydrogens is 376 g/mol. The lowest BCUT2D eigenvalue weighted by molar-refractivity contribution is 0.0697. The normalized spacial score (nSPS) is 15.4. The molecule has 6 nitrogen and oxygen atoms in total. The van der Waals surface area contributed by atoms with E-state index < -0.39 is 26.6 Å². The molecule has 1 heterocycles. The highest BCUT2D eigenvalue weighted by molar-refractivity contribution is 7.89. The van der Waals surface area contributed by atoms with Crippen LogP contribution in [0.4, 0.5) is 8.78 Å². The zero-order valence-corrected chi connectivity index (χ0v) is 14.9. The number of hydrogen-bond donors (Lipinski definition) is 0. The number of piperazine rings is 1. The van der Waals surface area contributed by atoms with Crippen molar-refractivity contribution in [2.24, 2.45) is 0 Å². The first-order valence-corrected chi connectivity index (χ1v) is 9.51. The van der Waals surface area contributed by atoms with Crippen molar-refractivity contribution >= 4 is 15.9 Å². The molecule has 0 atom stereocenters. The summed E-state index contributed by atoms with van der Waals surface area (Å²) in [4.78, 5) is 13.4. The van der Waals surface area contributed by atoms with E-state index in [-0.39, 0.29) is 32.1 Å². The minimum absolute atomic E-state index is 0.0111. The molecule has 1 aliphatic heterocycles. The van der Waals surface area contributed by atoms with Gasteiger partial charge in [-0.25, -0.2) is 17.2 Å². The second-order valence-corrected chi connectivity index (χ2v) is 7.87. The van der Waals surface area contributed by atoms with E-state index in [1.165, 1.54) is 11.0 Å². The van der Waals surface area contributed by atoms with Gasteiger partial charge in [-0.1, -0.05) is 6.07 Å². The van der Waals surface area contributed by atoms with Gasteiger partial charge >= 0.3 is 0 Å². The fraction of sp³-hybridized carbons (Fsp3) is 0.222. The summed E-state index contributed by atoms with van der Waals surface area (Å²) in [6.07, 6.45) is 0. The zero-order chi connectivity index (χ0) is 19.6. The molecule has 3 rings (SSSR count). The molecule has 0 aromatic heterocycles. The summed E-state index contributed by atoms with van der Waals surface area (Å²) < 4.78 is 53.1. The van der Waals surface area contributed by atoms with Gasteiger partial charge in [0.1, 0.15) is 16.5 Å². The molecule has 0 saturated carbocycles. The Labute approximate surface area is 155 Å². The number of sulfonamides is 1. The van der Waals surface area contributed by atoms with Crippen molar-refractivity contribution in [1.29, 1.82) is 5.26 Å². The molecule has 27 heavy (non-hydrogen) atoms. The maximum atomic E-state index is 13.9. The zero-order valence-electron chi connectivity index (χ0n) is 14.1. The van der Waals surface area contributed by atoms with Crippen LogP contribution < -0.4 is 0 Å². The quantitative estimate of drug-likeness (QED) is 0.801. The number of hydrogen-bond acceptors (Lipinski definition) is 4. The minimum atomic E-state index is -4.12. The first kappa shape index (κ1) is 18.9. The Balaban J connectivity index is 1.73. The van der Waals surface area contributed by atoms with Gasteiger partial charge in [-0.15, -0.1) is 0 Å². The Bertz CT molecular complexity index is 1030. The van der Waals surface area contributed by atoms with Crippen molar-refractivity contribution in [2.45, 2.75) is 4.90 Å². The summed E-state index contributed by atoms with van der Waals surface area (Å²) in [7, 11) is -4.12. The first-order chi connectivity index (χ1) is 12.8. The fourth-order valence-corrected chi connectivity index (χ4v) is 4.33. The van der Waals surface area contributed by atoms with Crippen molar-refractivity contribution in [3.05, 3.63) is 65.2 Å². The number of nitrogens with zero attached hydrogens (tertiary/aromatic N) is 3. The Morgan fingerprint density at radius 3 is 2.37 bits per heavy atom. The summed E-state index contributed by atoms with van der Waals surface area (Å²) in [5.41, 5.74) is 0.698. The molecule has 9 heteroatoms. The summed E-state index contributed by atoms with van der Waals surface area (Å²) in [5.74, 6) is -2.32. The number of amides is 1. The molecule has 140 valence electrons. The molecule has 1 saturated heterocycles. The van der Waals surface area contributed by atoms with E-state index >= 15 is 0 Å². The molecule has 2 aromatic rings. The highest BCUT2D eigenvalue weighted by atomic mass is 32.2. The molecule has 0 spiro atoms. The van der Waals surface area contributed by atoms with Crippen LogP contribution in [0.25, 0.3) is 0 Å². The van der Waals surface area contributed by atoms with Crippen molar-refractivity contribution in [1.82, 2.24) is 9.21 Å². The van der Waals surface area contributed by atoms with Gasteiger partial charge in [-0.2, -0.15) is 9.57 Å². The van der Waals surface area contributed by atoms with Crippen LogP contribution in [0.2, 0.25) is 0 Å². The third-order valence-corrected chi connectivity index (χ3v) is 6.21. The third-order valence-electron chi connectivity index (χ3n) is 4.28. The number of rotatable bonds is 3. The van der Waals surface area contributed by atoms with Gasteiger partial charge in [0.15, 0.2) is 0 Å². The standard InChI is InChI=1S/C18H15F2N3O3S/c19-15-4-5-17(16(20)11-15)27(25,26)23-8-6-22(7-9-23)18(24)14-3-1-2-13(10-14)12-21/h1-5,10-11H,6-9H2. The summed E-state index contributed by atoms with van der Waals surface area (Å²) in [5, 5.41) is 8.92. The highest BCUT2D eigenvalue weighted by Crippen LogP contribution is 2.22. The van der Waals surface area contributed by atoms with Gasteiger partial charge in [-0.05, 0) is 30.3 Å². The molecule has 1 aliphatic rings. The largest absolute Gasteiger partial charge is 0.336 e.